The van der Waals surface area contributed by atoms with Crippen LogP contribution >= 0.6 is 0 Å². The van der Waals surface area contributed by atoms with Gasteiger partial charge in [0.15, 0.2) is 6.10 Å². The fourth-order valence-electron chi connectivity index (χ4n) is 0.946. The van der Waals surface area contributed by atoms with Gasteiger partial charge < -0.3 is 10.5 Å². The van der Waals surface area contributed by atoms with Crippen molar-refractivity contribution in [2.24, 2.45) is 0 Å². The first-order valence-corrected chi connectivity index (χ1v) is 4.28. The molecular formula is C10H11FN2O. The fourth-order valence-corrected chi connectivity index (χ4v) is 0.946. The molecular weight excluding hydrogens is 183 g/mol. The van der Waals surface area contributed by atoms with Gasteiger partial charge in [0.05, 0.1) is 5.69 Å². The van der Waals surface area contributed by atoms with Gasteiger partial charge in [-0.3, -0.25) is 0 Å². The molecule has 0 heterocycles. The van der Waals surface area contributed by atoms with Gasteiger partial charge in [0, 0.05) is 6.07 Å². The zero-order valence-electron chi connectivity index (χ0n) is 7.83. The van der Waals surface area contributed by atoms with Crippen molar-refractivity contribution < 1.29 is 9.13 Å². The topological polar surface area (TPSA) is 59.0 Å². The quantitative estimate of drug-likeness (QED) is 0.749. The largest absolute Gasteiger partial charge is 0.475 e. The van der Waals surface area contributed by atoms with Crippen LogP contribution in [0, 0.1) is 17.1 Å². The number of hydrogen-bond donors (Lipinski definition) is 1. The fraction of sp³-hybridized carbons (Fsp3) is 0.300. The third-order valence-corrected chi connectivity index (χ3v) is 1.77. The van der Waals surface area contributed by atoms with E-state index < -0.39 is 11.9 Å². The summed E-state index contributed by atoms with van der Waals surface area (Å²) in [5.41, 5.74) is 5.36. The summed E-state index contributed by atoms with van der Waals surface area (Å²) in [4.78, 5) is 0. The molecule has 0 saturated carbocycles. The summed E-state index contributed by atoms with van der Waals surface area (Å²) in [6.07, 6.45) is 0.0145. The Hall–Kier alpha value is -1.76. The molecule has 1 atom stereocenters. The van der Waals surface area contributed by atoms with Crippen molar-refractivity contribution in [2.45, 2.75) is 19.4 Å². The minimum absolute atomic E-state index is 0.0716. The summed E-state index contributed by atoms with van der Waals surface area (Å²) < 4.78 is 18.1. The molecule has 0 bridgehead atoms. The molecule has 74 valence electrons. The Kier molecular flexibility index (Phi) is 3.29. The van der Waals surface area contributed by atoms with Crippen LogP contribution in [0.1, 0.15) is 13.3 Å². The average molecular weight is 194 g/mol. The molecule has 2 N–H and O–H groups in total. The molecule has 0 aliphatic heterocycles. The molecule has 0 fully saturated rings. The number of ether oxygens (including phenoxy) is 1. The number of nitrogen functional groups attached to an aromatic ring is 1. The van der Waals surface area contributed by atoms with Gasteiger partial charge in [0.2, 0.25) is 0 Å². The lowest BCUT2D eigenvalue weighted by atomic mass is 10.2. The maximum absolute atomic E-state index is 12.9. The Morgan fingerprint density at radius 1 is 1.64 bits per heavy atom. The third kappa shape index (κ3) is 2.36. The van der Waals surface area contributed by atoms with E-state index in [0.717, 1.165) is 0 Å². The highest BCUT2D eigenvalue weighted by molar-refractivity contribution is 5.43. The highest BCUT2D eigenvalue weighted by Gasteiger charge is 2.07. The minimum atomic E-state index is -0.543. The maximum Gasteiger partial charge on any atom is 0.184 e. The van der Waals surface area contributed by atoms with E-state index in [-0.39, 0.29) is 5.69 Å². The normalized spacial score (nSPS) is 11.8. The average Bonchev–Trinajstić information content (AvgIpc) is 2.19. The van der Waals surface area contributed by atoms with Crippen molar-refractivity contribution in [3.05, 3.63) is 24.0 Å². The van der Waals surface area contributed by atoms with Crippen molar-refractivity contribution in [1.29, 1.82) is 5.26 Å². The lowest BCUT2D eigenvalue weighted by Crippen LogP contribution is -2.12. The Bertz CT molecular complexity index is 360. The van der Waals surface area contributed by atoms with Gasteiger partial charge in [0.1, 0.15) is 17.6 Å². The first-order chi connectivity index (χ1) is 6.67. The van der Waals surface area contributed by atoms with Crippen LogP contribution in [0.4, 0.5) is 10.1 Å². The number of rotatable bonds is 3. The first-order valence-electron chi connectivity index (χ1n) is 4.28. The SMILES string of the molecule is CCC(C#N)Oc1ccc(N)c(F)c1. The molecule has 0 saturated heterocycles. The summed E-state index contributed by atoms with van der Waals surface area (Å²) in [6.45, 7) is 1.82. The zero-order chi connectivity index (χ0) is 10.6. The first kappa shape index (κ1) is 10.3. The summed E-state index contributed by atoms with van der Waals surface area (Å²) >= 11 is 0. The summed E-state index contributed by atoms with van der Waals surface area (Å²) in [6, 6.07) is 6.09. The molecule has 0 amide bonds. The molecule has 1 aromatic rings. The Morgan fingerprint density at radius 2 is 2.36 bits per heavy atom. The van der Waals surface area contributed by atoms with Crippen LogP contribution in [-0.2, 0) is 0 Å². The van der Waals surface area contributed by atoms with E-state index in [1.54, 1.807) is 6.07 Å². The number of nitriles is 1. The molecule has 0 aliphatic rings. The van der Waals surface area contributed by atoms with Crippen LogP contribution in [0.3, 0.4) is 0 Å². The van der Waals surface area contributed by atoms with E-state index in [1.807, 2.05) is 13.0 Å². The predicted octanol–water partition coefficient (Wildman–Crippen LogP) is 2.09. The second-order valence-corrected chi connectivity index (χ2v) is 2.83. The van der Waals surface area contributed by atoms with Gasteiger partial charge in [-0.05, 0) is 18.6 Å². The molecule has 0 radical (unpaired) electrons. The van der Waals surface area contributed by atoms with E-state index in [9.17, 15) is 4.39 Å². The summed E-state index contributed by atoms with van der Waals surface area (Å²) in [7, 11) is 0. The van der Waals surface area contributed by atoms with E-state index in [0.29, 0.717) is 12.2 Å². The lowest BCUT2D eigenvalue weighted by molar-refractivity contribution is 0.251. The standard InChI is InChI=1S/C10H11FN2O/c1-2-7(6-12)14-8-3-4-10(13)9(11)5-8/h3-5,7H,2,13H2,1H3. The van der Waals surface area contributed by atoms with Gasteiger partial charge in [0.25, 0.3) is 0 Å². The second-order valence-electron chi connectivity index (χ2n) is 2.83. The van der Waals surface area contributed by atoms with Gasteiger partial charge in [-0.1, -0.05) is 6.92 Å². The molecule has 1 rings (SSSR count). The van der Waals surface area contributed by atoms with Gasteiger partial charge in [-0.2, -0.15) is 5.26 Å². The van der Waals surface area contributed by atoms with Gasteiger partial charge in [-0.15, -0.1) is 0 Å². The predicted molar refractivity (Wildman–Crippen MR) is 51.1 cm³/mol. The molecule has 0 spiro atoms. The monoisotopic (exact) mass is 194 g/mol. The highest BCUT2D eigenvalue weighted by Crippen LogP contribution is 2.19. The number of benzene rings is 1. The second kappa shape index (κ2) is 4.47. The van der Waals surface area contributed by atoms with Crippen molar-refractivity contribution in [3.63, 3.8) is 0 Å². The van der Waals surface area contributed by atoms with Crippen molar-refractivity contribution in [2.75, 3.05) is 5.73 Å². The molecule has 14 heavy (non-hydrogen) atoms. The number of nitrogens with zero attached hydrogens (tertiary/aromatic N) is 1. The van der Waals surface area contributed by atoms with E-state index in [1.165, 1.54) is 12.1 Å². The van der Waals surface area contributed by atoms with Crippen LogP contribution in [0.2, 0.25) is 0 Å². The Labute approximate surface area is 81.9 Å². The van der Waals surface area contributed by atoms with E-state index in [2.05, 4.69) is 0 Å². The van der Waals surface area contributed by atoms with Crippen LogP contribution in [-0.4, -0.2) is 6.10 Å². The summed E-state index contributed by atoms with van der Waals surface area (Å²) in [5, 5.41) is 8.62. The lowest BCUT2D eigenvalue weighted by Gasteiger charge is -2.10. The zero-order valence-corrected chi connectivity index (χ0v) is 7.83. The number of hydrogen-bond acceptors (Lipinski definition) is 3. The van der Waals surface area contributed by atoms with Crippen LogP contribution < -0.4 is 10.5 Å². The van der Waals surface area contributed by atoms with Crippen molar-refractivity contribution >= 4 is 5.69 Å². The van der Waals surface area contributed by atoms with Crippen LogP contribution in [0.5, 0.6) is 5.75 Å². The van der Waals surface area contributed by atoms with Gasteiger partial charge in [-0.25, -0.2) is 4.39 Å². The smallest absolute Gasteiger partial charge is 0.184 e. The van der Waals surface area contributed by atoms with Crippen LogP contribution in [0.25, 0.3) is 0 Å². The minimum Gasteiger partial charge on any atom is -0.475 e. The molecule has 0 aromatic heterocycles. The Balaban J connectivity index is 2.78. The number of nitrogens with two attached hydrogens (primary N) is 1. The Morgan fingerprint density at radius 3 is 2.86 bits per heavy atom. The van der Waals surface area contributed by atoms with E-state index in [4.69, 9.17) is 15.7 Å². The van der Waals surface area contributed by atoms with Gasteiger partial charge >= 0.3 is 0 Å². The molecule has 1 unspecified atom stereocenters. The highest BCUT2D eigenvalue weighted by atomic mass is 19.1. The van der Waals surface area contributed by atoms with Crippen LogP contribution in [0.15, 0.2) is 18.2 Å². The molecule has 4 heteroatoms. The molecule has 1 aromatic carbocycles. The molecule has 0 aliphatic carbocycles. The third-order valence-electron chi connectivity index (χ3n) is 1.77. The number of anilines is 1. The number of halogens is 1. The maximum atomic E-state index is 12.9. The van der Waals surface area contributed by atoms with Crippen molar-refractivity contribution in [3.8, 4) is 11.8 Å². The summed E-state index contributed by atoms with van der Waals surface area (Å²) in [5.74, 6) is -0.208. The molecule has 3 nitrogen and oxygen atoms in total. The van der Waals surface area contributed by atoms with E-state index >= 15 is 0 Å². The van der Waals surface area contributed by atoms with Crippen molar-refractivity contribution in [1.82, 2.24) is 0 Å².